The van der Waals surface area contributed by atoms with Crippen LogP contribution in [-0.2, 0) is 0 Å². The Morgan fingerprint density at radius 2 is 2.14 bits per heavy atom. The third-order valence-electron chi connectivity index (χ3n) is 3.86. The van der Waals surface area contributed by atoms with Gasteiger partial charge in [0.1, 0.15) is 11.5 Å². The normalized spacial score (nSPS) is 15.6. The van der Waals surface area contributed by atoms with Gasteiger partial charge in [0.2, 0.25) is 0 Å². The number of aryl methyl sites for hydroxylation is 1. The summed E-state index contributed by atoms with van der Waals surface area (Å²) in [7, 11) is 1.97. The van der Waals surface area contributed by atoms with Crippen LogP contribution in [0.5, 0.6) is 0 Å². The number of piperidine rings is 1. The molecule has 1 amide bonds. The minimum Gasteiger partial charge on any atom is -0.459 e. The summed E-state index contributed by atoms with van der Waals surface area (Å²) in [5.41, 5.74) is 0.520. The van der Waals surface area contributed by atoms with Crippen LogP contribution in [0.4, 0.5) is 0 Å². The van der Waals surface area contributed by atoms with E-state index in [4.69, 9.17) is 4.42 Å². The first-order valence-electron chi connectivity index (χ1n) is 7.16. The van der Waals surface area contributed by atoms with Crippen LogP contribution in [0.1, 0.15) is 29.1 Å². The zero-order valence-electron chi connectivity index (χ0n) is 12.7. The number of nitrogens with one attached hydrogen (secondary N) is 1. The fraction of sp³-hybridized carbons (Fsp3) is 0.467. The van der Waals surface area contributed by atoms with Crippen LogP contribution in [0.15, 0.2) is 21.9 Å². The quantitative estimate of drug-likeness (QED) is 0.932. The van der Waals surface area contributed by atoms with Gasteiger partial charge in [0.25, 0.3) is 5.91 Å². The molecule has 2 aromatic heterocycles. The zero-order chi connectivity index (χ0) is 14.8. The van der Waals surface area contributed by atoms with Gasteiger partial charge in [-0.1, -0.05) is 0 Å². The third kappa shape index (κ3) is 3.51. The average molecular weight is 342 g/mol. The molecule has 2 aromatic rings. The van der Waals surface area contributed by atoms with Crippen molar-refractivity contribution in [2.45, 2.75) is 25.8 Å². The van der Waals surface area contributed by atoms with Gasteiger partial charge in [0.15, 0.2) is 10.8 Å². The van der Waals surface area contributed by atoms with E-state index in [0.29, 0.717) is 11.7 Å². The molecule has 7 heteroatoms. The van der Waals surface area contributed by atoms with Gasteiger partial charge in [-0.2, -0.15) is 0 Å². The Morgan fingerprint density at radius 3 is 2.73 bits per heavy atom. The van der Waals surface area contributed by atoms with E-state index in [9.17, 15) is 4.79 Å². The predicted octanol–water partition coefficient (Wildman–Crippen LogP) is 2.96. The lowest BCUT2D eigenvalue weighted by Gasteiger charge is -2.31. The standard InChI is InChI=1S/C15H19N3O2S.ClH/c1-10-3-4-13(20-10)14-17-12(9-21-14)15(19)18-7-5-11(16-2)6-8-18;/h3-4,9,11,16H,5-8H2,1-2H3;1H. The Bertz CT molecular complexity index is 632. The van der Waals surface area contributed by atoms with Crippen molar-refractivity contribution in [2.24, 2.45) is 0 Å². The number of halogens is 1. The highest BCUT2D eigenvalue weighted by Gasteiger charge is 2.24. The van der Waals surface area contributed by atoms with Crippen molar-refractivity contribution >= 4 is 29.7 Å². The molecule has 0 saturated carbocycles. The lowest BCUT2D eigenvalue weighted by Crippen LogP contribution is -2.44. The number of thiazole rings is 1. The number of aromatic nitrogens is 1. The van der Waals surface area contributed by atoms with E-state index < -0.39 is 0 Å². The molecule has 0 atom stereocenters. The molecule has 1 fully saturated rings. The Morgan fingerprint density at radius 1 is 1.41 bits per heavy atom. The highest BCUT2D eigenvalue weighted by molar-refractivity contribution is 7.13. The molecule has 0 unspecified atom stereocenters. The van der Waals surface area contributed by atoms with Crippen molar-refractivity contribution in [1.29, 1.82) is 0 Å². The maximum absolute atomic E-state index is 12.5. The van der Waals surface area contributed by atoms with Gasteiger partial charge < -0.3 is 14.6 Å². The maximum atomic E-state index is 12.5. The molecule has 0 aromatic carbocycles. The van der Waals surface area contributed by atoms with Gasteiger partial charge in [-0.05, 0) is 38.9 Å². The van der Waals surface area contributed by atoms with Crippen LogP contribution in [0.3, 0.4) is 0 Å². The Hall–Kier alpha value is -1.37. The maximum Gasteiger partial charge on any atom is 0.273 e. The number of rotatable bonds is 3. The fourth-order valence-corrected chi connectivity index (χ4v) is 3.32. The summed E-state index contributed by atoms with van der Waals surface area (Å²) in [6, 6.07) is 4.31. The summed E-state index contributed by atoms with van der Waals surface area (Å²) in [5.74, 6) is 1.60. The molecular formula is C15H20ClN3O2S. The summed E-state index contributed by atoms with van der Waals surface area (Å²) in [6.07, 6.45) is 1.99. The second-order valence-electron chi connectivity index (χ2n) is 5.30. The van der Waals surface area contributed by atoms with E-state index in [1.807, 2.05) is 36.4 Å². The molecule has 0 radical (unpaired) electrons. The van der Waals surface area contributed by atoms with Crippen molar-refractivity contribution < 1.29 is 9.21 Å². The number of likely N-dealkylation sites (tertiary alicyclic amines) is 1. The van der Waals surface area contributed by atoms with Crippen molar-refractivity contribution in [1.82, 2.24) is 15.2 Å². The van der Waals surface area contributed by atoms with Crippen molar-refractivity contribution in [2.75, 3.05) is 20.1 Å². The van der Waals surface area contributed by atoms with Crippen molar-refractivity contribution in [3.05, 3.63) is 29.0 Å². The number of nitrogens with zero attached hydrogens (tertiary/aromatic N) is 2. The lowest BCUT2D eigenvalue weighted by atomic mass is 10.1. The lowest BCUT2D eigenvalue weighted by molar-refractivity contribution is 0.0702. The summed E-state index contributed by atoms with van der Waals surface area (Å²) in [6.45, 7) is 3.48. The number of carbonyl (C=O) groups excluding carboxylic acids is 1. The molecule has 1 aliphatic rings. The SMILES string of the molecule is CNC1CCN(C(=O)c2csc(-c3ccc(C)o3)n2)CC1.Cl. The van der Waals surface area contributed by atoms with Gasteiger partial charge in [-0.25, -0.2) is 4.98 Å². The van der Waals surface area contributed by atoms with Gasteiger partial charge in [-0.3, -0.25) is 4.79 Å². The first-order valence-corrected chi connectivity index (χ1v) is 8.04. The molecule has 0 aliphatic carbocycles. The van der Waals surface area contributed by atoms with Crippen LogP contribution in [0.2, 0.25) is 0 Å². The summed E-state index contributed by atoms with van der Waals surface area (Å²) < 4.78 is 5.55. The molecule has 0 bridgehead atoms. The van der Waals surface area contributed by atoms with E-state index in [-0.39, 0.29) is 18.3 Å². The van der Waals surface area contributed by atoms with Gasteiger partial charge in [-0.15, -0.1) is 23.7 Å². The summed E-state index contributed by atoms with van der Waals surface area (Å²) in [4.78, 5) is 18.8. The van der Waals surface area contributed by atoms with Crippen LogP contribution < -0.4 is 5.32 Å². The minimum atomic E-state index is 0. The zero-order valence-corrected chi connectivity index (χ0v) is 14.3. The molecule has 1 N–H and O–H groups in total. The second kappa shape index (κ2) is 7.26. The Balaban J connectivity index is 0.00000176. The van der Waals surface area contributed by atoms with E-state index in [1.165, 1.54) is 11.3 Å². The van der Waals surface area contributed by atoms with Crippen molar-refractivity contribution in [3.63, 3.8) is 0 Å². The third-order valence-corrected chi connectivity index (χ3v) is 4.72. The van der Waals surface area contributed by atoms with E-state index in [2.05, 4.69) is 10.3 Å². The topological polar surface area (TPSA) is 58.4 Å². The summed E-state index contributed by atoms with van der Waals surface area (Å²) >= 11 is 1.45. The Labute approximate surface area is 140 Å². The van der Waals surface area contributed by atoms with Gasteiger partial charge >= 0.3 is 0 Å². The molecule has 3 heterocycles. The Kier molecular flexibility index (Phi) is 5.61. The van der Waals surface area contributed by atoms with E-state index in [1.54, 1.807) is 0 Å². The summed E-state index contributed by atoms with van der Waals surface area (Å²) in [5, 5.41) is 5.85. The second-order valence-corrected chi connectivity index (χ2v) is 6.16. The molecule has 1 aliphatic heterocycles. The molecule has 1 saturated heterocycles. The minimum absolute atomic E-state index is 0. The number of furan rings is 1. The first-order chi connectivity index (χ1) is 10.2. The van der Waals surface area contributed by atoms with E-state index in [0.717, 1.165) is 42.5 Å². The first kappa shape index (κ1) is 17.0. The number of amides is 1. The van der Waals surface area contributed by atoms with Gasteiger partial charge in [0.05, 0.1) is 0 Å². The smallest absolute Gasteiger partial charge is 0.273 e. The fourth-order valence-electron chi connectivity index (χ4n) is 2.57. The average Bonchev–Trinajstić information content (AvgIpc) is 3.15. The van der Waals surface area contributed by atoms with Crippen LogP contribution in [0.25, 0.3) is 10.8 Å². The predicted molar refractivity (Wildman–Crippen MR) is 89.8 cm³/mol. The van der Waals surface area contributed by atoms with Gasteiger partial charge in [0, 0.05) is 24.5 Å². The number of hydrogen-bond donors (Lipinski definition) is 1. The number of hydrogen-bond acceptors (Lipinski definition) is 5. The molecule has 120 valence electrons. The highest BCUT2D eigenvalue weighted by atomic mass is 35.5. The van der Waals surface area contributed by atoms with Crippen LogP contribution in [-0.4, -0.2) is 42.0 Å². The molecule has 0 spiro atoms. The van der Waals surface area contributed by atoms with E-state index >= 15 is 0 Å². The van der Waals surface area contributed by atoms with Crippen LogP contribution >= 0.6 is 23.7 Å². The molecule has 5 nitrogen and oxygen atoms in total. The van der Waals surface area contributed by atoms with Crippen molar-refractivity contribution in [3.8, 4) is 10.8 Å². The largest absolute Gasteiger partial charge is 0.459 e. The molecular weight excluding hydrogens is 322 g/mol. The van der Waals surface area contributed by atoms with Crippen LogP contribution in [0, 0.1) is 6.92 Å². The monoisotopic (exact) mass is 341 g/mol. The number of carbonyl (C=O) groups is 1. The molecule has 22 heavy (non-hydrogen) atoms. The highest BCUT2D eigenvalue weighted by Crippen LogP contribution is 2.26. The molecule has 3 rings (SSSR count).